The minimum atomic E-state index is -0.704. The van der Waals surface area contributed by atoms with Gasteiger partial charge in [0.1, 0.15) is 17.4 Å². The summed E-state index contributed by atoms with van der Waals surface area (Å²) in [6.45, 7) is 3.73. The molecule has 7 nitrogen and oxygen atoms in total. The molecule has 1 atom stereocenters. The first-order valence-electron chi connectivity index (χ1n) is 7.67. The fourth-order valence-electron chi connectivity index (χ4n) is 2.55. The third-order valence-corrected chi connectivity index (χ3v) is 3.51. The minimum Gasteiger partial charge on any atom is -0.496 e. The second-order valence-electron chi connectivity index (χ2n) is 4.97. The van der Waals surface area contributed by atoms with Gasteiger partial charge in [-0.2, -0.15) is 0 Å². The first-order chi connectivity index (χ1) is 11.5. The summed E-state index contributed by atoms with van der Waals surface area (Å²) < 4.78 is 15.5. The van der Waals surface area contributed by atoms with Crippen molar-refractivity contribution in [3.05, 3.63) is 41.2 Å². The zero-order valence-corrected chi connectivity index (χ0v) is 14.2. The Morgan fingerprint density at radius 3 is 2.38 bits per heavy atom. The van der Waals surface area contributed by atoms with Gasteiger partial charge in [-0.05, 0) is 19.9 Å². The molecule has 2 rings (SSSR count). The molecule has 0 aliphatic carbocycles. The molecular weight excluding hydrogens is 314 g/mol. The molecule has 0 bridgehead atoms. The van der Waals surface area contributed by atoms with E-state index >= 15 is 0 Å². The van der Waals surface area contributed by atoms with Gasteiger partial charge in [-0.3, -0.25) is 0 Å². The van der Waals surface area contributed by atoms with E-state index in [0.717, 1.165) is 0 Å². The first-order valence-corrected chi connectivity index (χ1v) is 7.67. The van der Waals surface area contributed by atoms with Crippen LogP contribution in [0.3, 0.4) is 0 Å². The Labute approximate surface area is 140 Å². The molecule has 0 amide bonds. The van der Waals surface area contributed by atoms with Gasteiger partial charge in [-0.15, -0.1) is 5.06 Å². The van der Waals surface area contributed by atoms with Gasteiger partial charge in [-0.1, -0.05) is 18.2 Å². The molecule has 1 heterocycles. The van der Waals surface area contributed by atoms with E-state index in [9.17, 15) is 9.59 Å². The summed E-state index contributed by atoms with van der Waals surface area (Å²) in [6.07, 6.45) is 0. The lowest BCUT2D eigenvalue weighted by Crippen LogP contribution is -2.23. The standard InChI is InChI=1S/C17H21NO6/c1-5-22-16(19)13-14(11-9-7-8-10-12(11)21-4)18(3)24-15(13)17(20)23-6-2/h7-10,14H,5-6H2,1-4H3. The second kappa shape index (κ2) is 7.83. The van der Waals surface area contributed by atoms with Crippen molar-refractivity contribution in [3.63, 3.8) is 0 Å². The Hall–Kier alpha value is -2.54. The summed E-state index contributed by atoms with van der Waals surface area (Å²) in [5.74, 6) is -0.913. The first kappa shape index (κ1) is 17.8. The number of likely N-dealkylation sites (N-methyl/N-ethyl adjacent to an activating group) is 1. The minimum absolute atomic E-state index is 0.0994. The molecule has 0 aromatic heterocycles. The van der Waals surface area contributed by atoms with Crippen LogP contribution in [-0.2, 0) is 23.9 Å². The summed E-state index contributed by atoms with van der Waals surface area (Å²) in [5, 5.41) is 1.41. The number of carbonyl (C=O) groups excluding carboxylic acids is 2. The van der Waals surface area contributed by atoms with Crippen molar-refractivity contribution in [1.29, 1.82) is 0 Å². The van der Waals surface area contributed by atoms with Crippen LogP contribution in [0.25, 0.3) is 0 Å². The van der Waals surface area contributed by atoms with Crippen LogP contribution in [0.2, 0.25) is 0 Å². The van der Waals surface area contributed by atoms with Crippen molar-refractivity contribution in [2.24, 2.45) is 0 Å². The normalized spacial score (nSPS) is 17.4. The quantitative estimate of drug-likeness (QED) is 0.736. The maximum atomic E-state index is 12.5. The molecule has 1 aromatic carbocycles. The highest BCUT2D eigenvalue weighted by Gasteiger charge is 2.43. The average Bonchev–Trinajstić information content (AvgIpc) is 2.92. The highest BCUT2D eigenvalue weighted by Crippen LogP contribution is 2.41. The third kappa shape index (κ3) is 3.35. The summed E-state index contributed by atoms with van der Waals surface area (Å²) in [5.41, 5.74) is 0.784. The SMILES string of the molecule is CCOC(=O)C1=C(C(=O)OCC)C(c2ccccc2OC)N(C)O1. The van der Waals surface area contributed by atoms with E-state index in [1.807, 2.05) is 12.1 Å². The van der Waals surface area contributed by atoms with Crippen LogP contribution in [0.4, 0.5) is 0 Å². The topological polar surface area (TPSA) is 74.3 Å². The maximum absolute atomic E-state index is 12.5. The van der Waals surface area contributed by atoms with Gasteiger partial charge in [-0.25, -0.2) is 9.59 Å². The highest BCUT2D eigenvalue weighted by atomic mass is 16.7. The zero-order valence-electron chi connectivity index (χ0n) is 14.2. The molecule has 1 aromatic rings. The van der Waals surface area contributed by atoms with E-state index in [2.05, 4.69) is 0 Å². The molecule has 1 aliphatic heterocycles. The van der Waals surface area contributed by atoms with Crippen molar-refractivity contribution in [1.82, 2.24) is 5.06 Å². The van der Waals surface area contributed by atoms with E-state index in [-0.39, 0.29) is 24.5 Å². The molecule has 0 spiro atoms. The van der Waals surface area contributed by atoms with Crippen molar-refractivity contribution >= 4 is 11.9 Å². The van der Waals surface area contributed by atoms with E-state index in [4.69, 9.17) is 19.0 Å². The smallest absolute Gasteiger partial charge is 0.376 e. The van der Waals surface area contributed by atoms with E-state index in [0.29, 0.717) is 11.3 Å². The van der Waals surface area contributed by atoms with Crippen LogP contribution in [0.15, 0.2) is 35.6 Å². The lowest BCUT2D eigenvalue weighted by atomic mass is 9.97. The average molecular weight is 335 g/mol. The van der Waals surface area contributed by atoms with Gasteiger partial charge in [0.15, 0.2) is 0 Å². The number of rotatable bonds is 6. The summed E-state index contributed by atoms with van der Waals surface area (Å²) in [6, 6.07) is 6.57. The molecule has 130 valence electrons. The predicted octanol–water partition coefficient (Wildman–Crippen LogP) is 1.99. The Morgan fingerprint density at radius 2 is 1.75 bits per heavy atom. The molecule has 24 heavy (non-hydrogen) atoms. The van der Waals surface area contributed by atoms with Gasteiger partial charge in [0, 0.05) is 12.6 Å². The Balaban J connectivity index is 2.55. The van der Waals surface area contributed by atoms with Crippen LogP contribution in [0.5, 0.6) is 5.75 Å². The molecule has 7 heteroatoms. The largest absolute Gasteiger partial charge is 0.496 e. The number of benzene rings is 1. The van der Waals surface area contributed by atoms with Gasteiger partial charge in [0.05, 0.1) is 20.3 Å². The molecule has 0 fully saturated rings. The molecule has 1 aliphatic rings. The molecular formula is C17H21NO6. The number of para-hydroxylation sites is 1. The summed E-state index contributed by atoms with van der Waals surface area (Å²) in [4.78, 5) is 30.1. The molecule has 0 saturated carbocycles. The van der Waals surface area contributed by atoms with Crippen LogP contribution in [-0.4, -0.2) is 44.4 Å². The fourth-order valence-corrected chi connectivity index (χ4v) is 2.55. The van der Waals surface area contributed by atoms with Crippen LogP contribution < -0.4 is 4.74 Å². The van der Waals surface area contributed by atoms with Gasteiger partial charge >= 0.3 is 11.9 Å². The Kier molecular flexibility index (Phi) is 5.81. The lowest BCUT2D eigenvalue weighted by molar-refractivity contribution is -0.154. The highest BCUT2D eigenvalue weighted by molar-refractivity contribution is 6.00. The fraction of sp³-hybridized carbons (Fsp3) is 0.412. The molecule has 0 saturated heterocycles. The summed E-state index contributed by atoms with van der Waals surface area (Å²) in [7, 11) is 3.16. The number of ether oxygens (including phenoxy) is 3. The zero-order chi connectivity index (χ0) is 17.7. The van der Waals surface area contributed by atoms with Crippen molar-refractivity contribution < 1.29 is 28.6 Å². The number of carbonyl (C=O) groups is 2. The van der Waals surface area contributed by atoms with E-state index in [1.165, 1.54) is 12.2 Å². The Bertz CT molecular complexity index is 654. The Morgan fingerprint density at radius 1 is 1.12 bits per heavy atom. The van der Waals surface area contributed by atoms with Crippen LogP contribution in [0.1, 0.15) is 25.5 Å². The third-order valence-electron chi connectivity index (χ3n) is 3.51. The summed E-state index contributed by atoms with van der Waals surface area (Å²) >= 11 is 0. The number of methoxy groups -OCH3 is 1. The van der Waals surface area contributed by atoms with Crippen LogP contribution >= 0.6 is 0 Å². The molecule has 0 radical (unpaired) electrons. The van der Waals surface area contributed by atoms with Gasteiger partial charge in [0.25, 0.3) is 0 Å². The van der Waals surface area contributed by atoms with Crippen molar-refractivity contribution in [2.75, 3.05) is 27.4 Å². The number of hydroxylamine groups is 2. The van der Waals surface area contributed by atoms with Crippen LogP contribution in [0, 0.1) is 0 Å². The van der Waals surface area contributed by atoms with E-state index < -0.39 is 18.0 Å². The number of nitrogens with zero attached hydrogens (tertiary/aromatic N) is 1. The second-order valence-corrected chi connectivity index (χ2v) is 4.97. The van der Waals surface area contributed by atoms with Crippen molar-refractivity contribution in [2.45, 2.75) is 19.9 Å². The van der Waals surface area contributed by atoms with Gasteiger partial charge in [0.2, 0.25) is 5.76 Å². The lowest BCUT2D eigenvalue weighted by Gasteiger charge is -2.21. The number of hydrogen-bond acceptors (Lipinski definition) is 7. The predicted molar refractivity (Wildman–Crippen MR) is 84.9 cm³/mol. The van der Waals surface area contributed by atoms with Gasteiger partial charge < -0.3 is 19.0 Å². The maximum Gasteiger partial charge on any atom is 0.376 e. The monoisotopic (exact) mass is 335 g/mol. The number of esters is 2. The number of hydrogen-bond donors (Lipinski definition) is 0. The molecule has 0 N–H and O–H groups in total. The van der Waals surface area contributed by atoms with E-state index in [1.54, 1.807) is 33.0 Å². The molecule has 1 unspecified atom stereocenters. The van der Waals surface area contributed by atoms with Crippen molar-refractivity contribution in [3.8, 4) is 5.75 Å².